The van der Waals surface area contributed by atoms with Crippen LogP contribution in [0.2, 0.25) is 0 Å². The summed E-state index contributed by atoms with van der Waals surface area (Å²) in [6.07, 6.45) is 4.22. The summed E-state index contributed by atoms with van der Waals surface area (Å²) in [5.41, 5.74) is 0. The third-order valence-corrected chi connectivity index (χ3v) is 3.37. The predicted molar refractivity (Wildman–Crippen MR) is 53.2 cm³/mol. The molecule has 0 amide bonds. The monoisotopic (exact) mass is 173 g/mol. The van der Waals surface area contributed by atoms with Crippen LogP contribution < -0.4 is 5.32 Å². The lowest BCUT2D eigenvalue weighted by atomic mass is 10.0. The maximum atomic E-state index is 3.44. The molecular formula is C9H19NS. The van der Waals surface area contributed by atoms with Crippen molar-refractivity contribution in [2.75, 3.05) is 24.6 Å². The molecule has 0 aromatic rings. The van der Waals surface area contributed by atoms with Crippen LogP contribution in [0.15, 0.2) is 0 Å². The first-order valence-corrected chi connectivity index (χ1v) is 5.87. The van der Waals surface area contributed by atoms with E-state index >= 15 is 0 Å². The molecule has 0 aromatic carbocycles. The van der Waals surface area contributed by atoms with Crippen LogP contribution >= 0.6 is 11.8 Å². The zero-order valence-electron chi connectivity index (χ0n) is 7.44. The van der Waals surface area contributed by atoms with Crippen LogP contribution in [0.4, 0.5) is 0 Å². The highest BCUT2D eigenvalue weighted by atomic mass is 32.2. The Morgan fingerprint density at radius 1 is 1.36 bits per heavy atom. The maximum Gasteiger partial charge on any atom is -0.00388 e. The van der Waals surface area contributed by atoms with Gasteiger partial charge in [-0.05, 0) is 49.8 Å². The van der Waals surface area contributed by atoms with Gasteiger partial charge in [-0.15, -0.1) is 0 Å². The molecule has 1 nitrogen and oxygen atoms in total. The average molecular weight is 173 g/mol. The summed E-state index contributed by atoms with van der Waals surface area (Å²) in [4.78, 5) is 0. The van der Waals surface area contributed by atoms with Crippen molar-refractivity contribution in [1.29, 1.82) is 0 Å². The van der Waals surface area contributed by atoms with Crippen molar-refractivity contribution < 1.29 is 0 Å². The predicted octanol–water partition coefficient (Wildman–Crippen LogP) is 2.13. The van der Waals surface area contributed by atoms with Crippen LogP contribution in [0.25, 0.3) is 0 Å². The van der Waals surface area contributed by atoms with E-state index in [-0.39, 0.29) is 0 Å². The largest absolute Gasteiger partial charge is 0.317 e. The molecule has 0 spiro atoms. The van der Waals surface area contributed by atoms with Crippen LogP contribution in [-0.2, 0) is 0 Å². The van der Waals surface area contributed by atoms with Crippen LogP contribution in [-0.4, -0.2) is 24.6 Å². The minimum atomic E-state index is 0.995. The lowest BCUT2D eigenvalue weighted by Crippen LogP contribution is -2.14. The van der Waals surface area contributed by atoms with Gasteiger partial charge in [-0.3, -0.25) is 0 Å². The summed E-state index contributed by atoms with van der Waals surface area (Å²) in [5, 5.41) is 3.44. The Kier molecular flexibility index (Phi) is 5.04. The molecule has 0 aliphatic carbocycles. The first-order valence-electron chi connectivity index (χ1n) is 4.72. The van der Waals surface area contributed by atoms with Crippen LogP contribution in [0.3, 0.4) is 0 Å². The van der Waals surface area contributed by atoms with Gasteiger partial charge in [0.2, 0.25) is 0 Å². The van der Waals surface area contributed by atoms with Crippen molar-refractivity contribution >= 4 is 11.8 Å². The van der Waals surface area contributed by atoms with Gasteiger partial charge in [0.05, 0.1) is 0 Å². The second-order valence-corrected chi connectivity index (χ2v) is 4.53. The zero-order valence-corrected chi connectivity index (χ0v) is 8.25. The van der Waals surface area contributed by atoms with Gasteiger partial charge in [0.25, 0.3) is 0 Å². The molecule has 0 aromatic heterocycles. The molecule has 0 bridgehead atoms. The van der Waals surface area contributed by atoms with Gasteiger partial charge in [0, 0.05) is 0 Å². The average Bonchev–Trinajstić information content (AvgIpc) is 2.28. The minimum absolute atomic E-state index is 0.995. The SMILES string of the molecule is CCSCC1CCCNCC1. The molecule has 1 atom stereocenters. The van der Waals surface area contributed by atoms with Crippen LogP contribution in [0.5, 0.6) is 0 Å². The van der Waals surface area contributed by atoms with Crippen molar-refractivity contribution in [2.24, 2.45) is 5.92 Å². The first kappa shape index (κ1) is 9.40. The van der Waals surface area contributed by atoms with E-state index in [4.69, 9.17) is 0 Å². The Hall–Kier alpha value is 0.310. The molecule has 1 aliphatic rings. The van der Waals surface area contributed by atoms with Gasteiger partial charge in [0.1, 0.15) is 0 Å². The normalized spacial score (nSPS) is 26.5. The Morgan fingerprint density at radius 3 is 3.09 bits per heavy atom. The highest BCUT2D eigenvalue weighted by molar-refractivity contribution is 7.99. The van der Waals surface area contributed by atoms with E-state index in [2.05, 4.69) is 24.0 Å². The minimum Gasteiger partial charge on any atom is -0.317 e. The number of thioether (sulfide) groups is 1. The quantitative estimate of drug-likeness (QED) is 0.701. The molecule has 11 heavy (non-hydrogen) atoms. The number of hydrogen-bond acceptors (Lipinski definition) is 2. The number of nitrogens with one attached hydrogen (secondary N) is 1. The maximum absolute atomic E-state index is 3.44. The fourth-order valence-corrected chi connectivity index (χ4v) is 2.44. The highest BCUT2D eigenvalue weighted by Crippen LogP contribution is 2.18. The van der Waals surface area contributed by atoms with E-state index in [0.29, 0.717) is 0 Å². The van der Waals surface area contributed by atoms with E-state index in [1.807, 2.05) is 0 Å². The van der Waals surface area contributed by atoms with Crippen molar-refractivity contribution in [3.8, 4) is 0 Å². The Labute approximate surface area is 74.3 Å². The van der Waals surface area contributed by atoms with E-state index in [1.165, 1.54) is 43.9 Å². The van der Waals surface area contributed by atoms with E-state index in [1.54, 1.807) is 0 Å². The fraction of sp³-hybridized carbons (Fsp3) is 1.00. The second-order valence-electron chi connectivity index (χ2n) is 3.21. The summed E-state index contributed by atoms with van der Waals surface area (Å²) >= 11 is 2.10. The molecule has 2 heteroatoms. The summed E-state index contributed by atoms with van der Waals surface area (Å²) in [5.74, 6) is 3.66. The van der Waals surface area contributed by atoms with E-state index < -0.39 is 0 Å². The Morgan fingerprint density at radius 2 is 2.27 bits per heavy atom. The molecule has 0 saturated carbocycles. The lowest BCUT2D eigenvalue weighted by Gasteiger charge is -2.11. The zero-order chi connectivity index (χ0) is 7.94. The van der Waals surface area contributed by atoms with Gasteiger partial charge in [-0.2, -0.15) is 11.8 Å². The first-order chi connectivity index (χ1) is 5.43. The van der Waals surface area contributed by atoms with Crippen molar-refractivity contribution in [3.05, 3.63) is 0 Å². The molecule has 1 saturated heterocycles. The molecule has 1 rings (SSSR count). The van der Waals surface area contributed by atoms with Crippen molar-refractivity contribution in [1.82, 2.24) is 5.32 Å². The molecule has 1 N–H and O–H groups in total. The van der Waals surface area contributed by atoms with Gasteiger partial charge >= 0.3 is 0 Å². The number of rotatable bonds is 3. The molecular weight excluding hydrogens is 154 g/mol. The molecule has 1 unspecified atom stereocenters. The Balaban J connectivity index is 2.09. The van der Waals surface area contributed by atoms with E-state index in [0.717, 1.165) is 5.92 Å². The fourth-order valence-electron chi connectivity index (χ4n) is 1.54. The smallest absolute Gasteiger partial charge is 0.00388 e. The highest BCUT2D eigenvalue weighted by Gasteiger charge is 2.10. The summed E-state index contributed by atoms with van der Waals surface area (Å²) in [7, 11) is 0. The van der Waals surface area contributed by atoms with Gasteiger partial charge in [-0.1, -0.05) is 6.92 Å². The summed E-state index contributed by atoms with van der Waals surface area (Å²) < 4.78 is 0. The van der Waals surface area contributed by atoms with Crippen LogP contribution in [0, 0.1) is 5.92 Å². The molecule has 0 radical (unpaired) electrons. The van der Waals surface area contributed by atoms with Crippen molar-refractivity contribution in [3.63, 3.8) is 0 Å². The van der Waals surface area contributed by atoms with Crippen molar-refractivity contribution in [2.45, 2.75) is 26.2 Å². The second kappa shape index (κ2) is 5.90. The van der Waals surface area contributed by atoms with Crippen LogP contribution in [0.1, 0.15) is 26.2 Å². The summed E-state index contributed by atoms with van der Waals surface area (Å²) in [6, 6.07) is 0. The van der Waals surface area contributed by atoms with Gasteiger partial charge in [-0.25, -0.2) is 0 Å². The van der Waals surface area contributed by atoms with Gasteiger partial charge in [0.15, 0.2) is 0 Å². The third-order valence-electron chi connectivity index (χ3n) is 2.25. The Bertz CT molecular complexity index is 87.6. The lowest BCUT2D eigenvalue weighted by molar-refractivity contribution is 0.528. The van der Waals surface area contributed by atoms with E-state index in [9.17, 15) is 0 Å². The molecule has 1 fully saturated rings. The summed E-state index contributed by atoms with van der Waals surface area (Å²) in [6.45, 7) is 4.74. The molecule has 66 valence electrons. The molecule has 1 aliphatic heterocycles. The number of hydrogen-bond donors (Lipinski definition) is 1. The van der Waals surface area contributed by atoms with Gasteiger partial charge < -0.3 is 5.32 Å². The third kappa shape index (κ3) is 4.02. The molecule has 1 heterocycles. The standard InChI is InChI=1S/C9H19NS/c1-2-11-8-9-4-3-6-10-7-5-9/h9-10H,2-8H2,1H3. The topological polar surface area (TPSA) is 12.0 Å².